The molecule has 11 nitrogen and oxygen atoms in total. The molecule has 1 aromatic carbocycles. The van der Waals surface area contributed by atoms with Gasteiger partial charge in [0.15, 0.2) is 5.11 Å². The van der Waals surface area contributed by atoms with Crippen LogP contribution in [0.2, 0.25) is 0 Å². The fourth-order valence-corrected chi connectivity index (χ4v) is 2.44. The van der Waals surface area contributed by atoms with Crippen LogP contribution in [0.3, 0.4) is 0 Å². The van der Waals surface area contributed by atoms with Crippen LogP contribution in [0.5, 0.6) is 0 Å². The molecule has 6 N–H and O–H groups in total. The van der Waals surface area contributed by atoms with Crippen LogP contribution in [0.15, 0.2) is 30.3 Å². The van der Waals surface area contributed by atoms with Gasteiger partial charge in [0.1, 0.15) is 12.6 Å². The first-order chi connectivity index (χ1) is 15.6. The first-order valence-electron chi connectivity index (χ1n) is 10.2. The molecule has 1 aromatic rings. The molecule has 0 fully saturated rings. The van der Waals surface area contributed by atoms with E-state index in [1.807, 2.05) is 30.3 Å². The lowest BCUT2D eigenvalue weighted by Gasteiger charge is -2.14. The molecule has 184 valence electrons. The number of amides is 1. The van der Waals surface area contributed by atoms with Gasteiger partial charge in [0.05, 0.1) is 0 Å². The predicted octanol–water partition coefficient (Wildman–Crippen LogP) is 1.96. The second kappa shape index (κ2) is 18.2. The average Bonchev–Trinajstić information content (AvgIpc) is 2.78. The van der Waals surface area contributed by atoms with E-state index in [0.29, 0.717) is 13.0 Å². The second-order valence-corrected chi connectivity index (χ2v) is 7.15. The number of alkyl carbamates (subject to hydrolysis) is 1. The van der Waals surface area contributed by atoms with E-state index in [1.54, 1.807) is 7.05 Å². The van der Waals surface area contributed by atoms with Crippen molar-refractivity contribution in [3.05, 3.63) is 35.9 Å². The van der Waals surface area contributed by atoms with Gasteiger partial charge in [-0.1, -0.05) is 36.8 Å². The zero-order valence-electron chi connectivity index (χ0n) is 18.4. The minimum Gasteiger partial charge on any atom is -0.481 e. The number of benzene rings is 1. The molecule has 1 unspecified atom stereocenters. The molecule has 0 radical (unpaired) electrons. The SMILES string of the molecule is CNC(=S)NC(CCC(=O)O)C(=O)O.O=C(O)CCCCCNC(=O)OCc1ccccc1. The summed E-state index contributed by atoms with van der Waals surface area (Å²) in [5.74, 6) is -2.94. The number of carbonyl (C=O) groups excluding carboxylic acids is 1. The summed E-state index contributed by atoms with van der Waals surface area (Å²) in [7, 11) is 1.55. The van der Waals surface area contributed by atoms with Gasteiger partial charge in [0, 0.05) is 26.4 Å². The van der Waals surface area contributed by atoms with Gasteiger partial charge in [-0.15, -0.1) is 0 Å². The molecule has 0 aliphatic carbocycles. The Morgan fingerprint density at radius 2 is 1.61 bits per heavy atom. The van der Waals surface area contributed by atoms with Gasteiger partial charge < -0.3 is 36.0 Å². The standard InChI is InChI=1S/C14H19NO4.C7H12N2O4S/c16-13(17)9-5-2-6-10-15-14(18)19-11-12-7-3-1-4-8-12;1-8-7(14)9-4(6(12)13)2-3-5(10)11/h1,3-4,7-8H,2,5-6,9-11H2,(H,15,18)(H,16,17);4H,2-3H2,1H3,(H,10,11)(H,12,13)(H2,8,9,14). The monoisotopic (exact) mass is 485 g/mol. The lowest BCUT2D eigenvalue weighted by atomic mass is 10.1. The van der Waals surface area contributed by atoms with E-state index < -0.39 is 30.0 Å². The maximum atomic E-state index is 11.3. The number of carboxylic acid groups (broad SMARTS) is 3. The summed E-state index contributed by atoms with van der Waals surface area (Å²) in [5.41, 5.74) is 0.944. The zero-order chi connectivity index (χ0) is 25.1. The number of rotatable bonds is 13. The average molecular weight is 486 g/mol. The number of unbranched alkanes of at least 4 members (excludes halogenated alkanes) is 2. The number of carboxylic acids is 3. The Bertz CT molecular complexity index is 761. The fraction of sp³-hybridized carbons (Fsp3) is 0.476. The Morgan fingerprint density at radius 3 is 2.15 bits per heavy atom. The second-order valence-electron chi connectivity index (χ2n) is 6.74. The first kappa shape index (κ1) is 29.6. The highest BCUT2D eigenvalue weighted by Crippen LogP contribution is 2.01. The third-order valence-electron chi connectivity index (χ3n) is 4.03. The van der Waals surface area contributed by atoms with Gasteiger partial charge >= 0.3 is 24.0 Å². The topological polar surface area (TPSA) is 174 Å². The van der Waals surface area contributed by atoms with Crippen LogP contribution in [0.4, 0.5) is 4.79 Å². The molecular weight excluding hydrogens is 454 g/mol. The molecule has 0 bridgehead atoms. The molecule has 12 heteroatoms. The molecule has 0 saturated heterocycles. The van der Waals surface area contributed by atoms with Crippen molar-refractivity contribution in [2.75, 3.05) is 13.6 Å². The highest BCUT2D eigenvalue weighted by molar-refractivity contribution is 7.80. The van der Waals surface area contributed by atoms with E-state index in [-0.39, 0.29) is 31.0 Å². The maximum absolute atomic E-state index is 11.3. The minimum atomic E-state index is -1.12. The molecule has 1 rings (SSSR count). The van der Waals surface area contributed by atoms with Gasteiger partial charge in [-0.2, -0.15) is 0 Å². The fourth-order valence-electron chi connectivity index (χ4n) is 2.30. The number of ether oxygens (including phenoxy) is 1. The van der Waals surface area contributed by atoms with Crippen molar-refractivity contribution < 1.29 is 39.2 Å². The highest BCUT2D eigenvalue weighted by atomic mass is 32.1. The van der Waals surface area contributed by atoms with Crippen molar-refractivity contribution in [2.45, 2.75) is 51.2 Å². The van der Waals surface area contributed by atoms with Crippen LogP contribution >= 0.6 is 12.2 Å². The normalized spacial score (nSPS) is 10.6. The lowest BCUT2D eigenvalue weighted by Crippen LogP contribution is -2.44. The van der Waals surface area contributed by atoms with Gasteiger partial charge in [0.25, 0.3) is 0 Å². The third-order valence-corrected chi connectivity index (χ3v) is 4.35. The molecule has 0 saturated carbocycles. The summed E-state index contributed by atoms with van der Waals surface area (Å²) in [4.78, 5) is 42.4. The van der Waals surface area contributed by atoms with Crippen molar-refractivity contribution in [1.82, 2.24) is 16.0 Å². The summed E-state index contributed by atoms with van der Waals surface area (Å²) in [6.07, 6.45) is 1.69. The van der Waals surface area contributed by atoms with E-state index in [9.17, 15) is 19.2 Å². The molecule has 0 heterocycles. The first-order valence-corrected chi connectivity index (χ1v) is 10.7. The van der Waals surface area contributed by atoms with Gasteiger partial charge in [0.2, 0.25) is 0 Å². The molecule has 0 spiro atoms. The van der Waals surface area contributed by atoms with Crippen molar-refractivity contribution in [1.29, 1.82) is 0 Å². The maximum Gasteiger partial charge on any atom is 0.407 e. The van der Waals surface area contributed by atoms with E-state index >= 15 is 0 Å². The summed E-state index contributed by atoms with van der Waals surface area (Å²) in [5, 5.41) is 33.3. The Labute approximate surface area is 197 Å². The van der Waals surface area contributed by atoms with Crippen LogP contribution in [-0.2, 0) is 25.7 Å². The molecular formula is C21H31N3O8S. The summed E-state index contributed by atoms with van der Waals surface area (Å²) < 4.78 is 5.03. The number of carbonyl (C=O) groups is 4. The number of nitrogens with one attached hydrogen (secondary N) is 3. The third kappa shape index (κ3) is 17.9. The van der Waals surface area contributed by atoms with Gasteiger partial charge in [-0.3, -0.25) is 9.59 Å². The van der Waals surface area contributed by atoms with Crippen molar-refractivity contribution in [3.63, 3.8) is 0 Å². The van der Waals surface area contributed by atoms with E-state index in [2.05, 4.69) is 16.0 Å². The van der Waals surface area contributed by atoms with Crippen molar-refractivity contribution in [2.24, 2.45) is 0 Å². The molecule has 33 heavy (non-hydrogen) atoms. The zero-order valence-corrected chi connectivity index (χ0v) is 19.2. The van der Waals surface area contributed by atoms with Crippen LogP contribution in [-0.4, -0.2) is 64.1 Å². The largest absolute Gasteiger partial charge is 0.481 e. The Kier molecular flexibility index (Phi) is 16.3. The van der Waals surface area contributed by atoms with Crippen LogP contribution in [0.25, 0.3) is 0 Å². The van der Waals surface area contributed by atoms with Crippen LogP contribution < -0.4 is 16.0 Å². The van der Waals surface area contributed by atoms with Crippen molar-refractivity contribution >= 4 is 41.3 Å². The van der Waals surface area contributed by atoms with E-state index in [4.69, 9.17) is 32.3 Å². The Hall–Kier alpha value is -3.41. The summed E-state index contributed by atoms with van der Waals surface area (Å²) >= 11 is 4.70. The number of hydrogen-bond acceptors (Lipinski definition) is 6. The smallest absolute Gasteiger partial charge is 0.407 e. The minimum absolute atomic E-state index is 0.00745. The number of thiocarbonyl (C=S) groups is 1. The lowest BCUT2D eigenvalue weighted by molar-refractivity contribution is -0.140. The predicted molar refractivity (Wildman–Crippen MR) is 124 cm³/mol. The molecule has 1 amide bonds. The van der Waals surface area contributed by atoms with Crippen LogP contribution in [0.1, 0.15) is 44.1 Å². The van der Waals surface area contributed by atoms with Crippen molar-refractivity contribution in [3.8, 4) is 0 Å². The number of hydrogen-bond donors (Lipinski definition) is 6. The highest BCUT2D eigenvalue weighted by Gasteiger charge is 2.18. The molecule has 1 atom stereocenters. The van der Waals surface area contributed by atoms with E-state index in [1.165, 1.54) is 0 Å². The van der Waals surface area contributed by atoms with E-state index in [0.717, 1.165) is 18.4 Å². The number of aliphatic carboxylic acids is 3. The summed E-state index contributed by atoms with van der Waals surface area (Å²) in [6, 6.07) is 8.49. The molecule has 0 aromatic heterocycles. The van der Waals surface area contributed by atoms with Gasteiger partial charge in [-0.25, -0.2) is 9.59 Å². The van der Waals surface area contributed by atoms with Gasteiger partial charge in [-0.05, 0) is 37.0 Å². The summed E-state index contributed by atoms with van der Waals surface area (Å²) in [6.45, 7) is 0.763. The quantitative estimate of drug-likeness (QED) is 0.178. The Morgan fingerprint density at radius 1 is 0.970 bits per heavy atom. The molecule has 0 aliphatic rings. The molecule has 0 aliphatic heterocycles. The van der Waals surface area contributed by atoms with Crippen LogP contribution in [0, 0.1) is 0 Å². The Balaban J connectivity index is 0.000000653.